The Kier molecular flexibility index (Phi) is 5.94. The smallest absolute Gasteiger partial charge is 0.412 e. The molecule has 3 aromatic rings. The highest BCUT2D eigenvalue weighted by Gasteiger charge is 2.35. The molecule has 35 heavy (non-hydrogen) atoms. The van der Waals surface area contributed by atoms with Crippen LogP contribution in [0.1, 0.15) is 47.3 Å². The summed E-state index contributed by atoms with van der Waals surface area (Å²) < 4.78 is 10.2. The lowest BCUT2D eigenvalue weighted by Crippen LogP contribution is -2.46. The minimum absolute atomic E-state index is 0.105. The van der Waals surface area contributed by atoms with Crippen molar-refractivity contribution >= 4 is 23.8 Å². The van der Waals surface area contributed by atoms with Crippen molar-refractivity contribution in [2.75, 3.05) is 18.5 Å². The van der Waals surface area contributed by atoms with Crippen LogP contribution in [0.2, 0.25) is 0 Å². The van der Waals surface area contributed by atoms with E-state index in [1.807, 2.05) is 48.5 Å². The van der Waals surface area contributed by atoms with Crippen molar-refractivity contribution in [2.45, 2.75) is 31.7 Å². The van der Waals surface area contributed by atoms with Crippen LogP contribution in [0.25, 0.3) is 11.1 Å². The predicted octanol–water partition coefficient (Wildman–Crippen LogP) is 3.76. The number of piperidine rings is 1. The third kappa shape index (κ3) is 4.23. The third-order valence-corrected chi connectivity index (χ3v) is 6.74. The summed E-state index contributed by atoms with van der Waals surface area (Å²) in [5.41, 5.74) is 4.25. The van der Waals surface area contributed by atoms with Crippen LogP contribution in [0.3, 0.4) is 0 Å². The van der Waals surface area contributed by atoms with E-state index in [1.165, 1.54) is 4.90 Å². The number of nitrogens with zero attached hydrogens (tertiary/aromatic N) is 3. The second-order valence-corrected chi connectivity index (χ2v) is 8.82. The third-order valence-electron chi connectivity index (χ3n) is 6.74. The number of fused-ring (bicyclic) bond motifs is 3. The first-order valence-corrected chi connectivity index (χ1v) is 11.4. The number of hydrogen-bond acceptors (Lipinski definition) is 7. The number of carboxylic acid groups (broad SMARTS) is 1. The number of carbonyl (C=O) groups is 3. The zero-order valence-electron chi connectivity index (χ0n) is 19.0. The Morgan fingerprint density at radius 2 is 1.74 bits per heavy atom. The zero-order valence-corrected chi connectivity index (χ0v) is 19.0. The van der Waals surface area contributed by atoms with E-state index < -0.39 is 23.9 Å². The molecule has 180 valence electrons. The molecule has 2 aliphatic rings. The molecule has 10 heteroatoms. The Balaban J connectivity index is 1.24. The van der Waals surface area contributed by atoms with Crippen LogP contribution in [0.15, 0.2) is 53.2 Å². The van der Waals surface area contributed by atoms with Gasteiger partial charge in [0.15, 0.2) is 0 Å². The SMILES string of the molecule is C[C@H]1C[C@@H](C(=O)O)CCN1C(=O)c1nonc1NC(=O)OCC1c2ccccc2-c2ccccc21. The van der Waals surface area contributed by atoms with Crippen molar-refractivity contribution in [3.05, 3.63) is 65.4 Å². The van der Waals surface area contributed by atoms with Crippen molar-refractivity contribution < 1.29 is 28.9 Å². The predicted molar refractivity (Wildman–Crippen MR) is 124 cm³/mol. The van der Waals surface area contributed by atoms with E-state index in [-0.39, 0.29) is 36.6 Å². The van der Waals surface area contributed by atoms with Crippen molar-refractivity contribution in [2.24, 2.45) is 5.92 Å². The van der Waals surface area contributed by atoms with Crippen LogP contribution in [0, 0.1) is 5.92 Å². The number of ether oxygens (including phenoxy) is 1. The monoisotopic (exact) mass is 476 g/mol. The molecule has 1 saturated heterocycles. The van der Waals surface area contributed by atoms with Crippen LogP contribution in [-0.4, -0.2) is 57.5 Å². The van der Waals surface area contributed by atoms with E-state index in [2.05, 4.69) is 15.6 Å². The Hall–Kier alpha value is -4.21. The van der Waals surface area contributed by atoms with Crippen LogP contribution in [0.4, 0.5) is 10.6 Å². The molecule has 2 aromatic carbocycles. The molecule has 1 aliphatic carbocycles. The number of carbonyl (C=O) groups excluding carboxylic acids is 2. The van der Waals surface area contributed by atoms with Gasteiger partial charge >= 0.3 is 12.1 Å². The molecule has 10 nitrogen and oxygen atoms in total. The average Bonchev–Trinajstić information content (AvgIpc) is 3.44. The number of rotatable bonds is 5. The van der Waals surface area contributed by atoms with Crippen molar-refractivity contribution in [1.82, 2.24) is 15.2 Å². The quantitative estimate of drug-likeness (QED) is 0.568. The first-order valence-electron chi connectivity index (χ1n) is 11.4. The number of nitrogens with one attached hydrogen (secondary N) is 1. The van der Waals surface area contributed by atoms with E-state index in [1.54, 1.807) is 6.92 Å². The highest BCUT2D eigenvalue weighted by molar-refractivity contribution is 5.99. The van der Waals surface area contributed by atoms with E-state index in [4.69, 9.17) is 9.37 Å². The summed E-state index contributed by atoms with van der Waals surface area (Å²) in [6.45, 7) is 2.14. The number of amides is 2. The number of likely N-dealkylation sites (tertiary alicyclic amines) is 1. The van der Waals surface area contributed by atoms with Crippen LogP contribution in [-0.2, 0) is 9.53 Å². The number of benzene rings is 2. The lowest BCUT2D eigenvalue weighted by atomic mass is 9.91. The van der Waals surface area contributed by atoms with Gasteiger partial charge in [-0.3, -0.25) is 14.9 Å². The largest absolute Gasteiger partial charge is 0.481 e. The lowest BCUT2D eigenvalue weighted by molar-refractivity contribution is -0.143. The molecule has 2 N–H and O–H groups in total. The van der Waals surface area contributed by atoms with Crippen LogP contribution >= 0.6 is 0 Å². The molecule has 0 radical (unpaired) electrons. The molecule has 0 spiro atoms. The van der Waals surface area contributed by atoms with Gasteiger partial charge in [0.2, 0.25) is 11.5 Å². The van der Waals surface area contributed by atoms with E-state index in [0.717, 1.165) is 22.3 Å². The van der Waals surface area contributed by atoms with Gasteiger partial charge in [-0.2, -0.15) is 0 Å². The number of aromatic nitrogens is 2. The van der Waals surface area contributed by atoms with Gasteiger partial charge in [-0.15, -0.1) is 0 Å². The van der Waals surface area contributed by atoms with Crippen molar-refractivity contribution in [3.8, 4) is 11.1 Å². The van der Waals surface area contributed by atoms with E-state index >= 15 is 0 Å². The standard InChI is InChI=1S/C25H24N4O6/c1-14-12-15(24(31)32)10-11-29(14)23(30)21-22(28-35-27-21)26-25(33)34-13-20-18-8-4-2-6-16(18)17-7-3-5-9-19(17)20/h2-9,14-15,20H,10-13H2,1H3,(H,31,32)(H,26,28,33)/t14-,15-/m0/s1. The molecule has 2 atom stereocenters. The topological polar surface area (TPSA) is 135 Å². The second kappa shape index (κ2) is 9.21. The molecule has 0 unspecified atom stereocenters. The van der Waals surface area contributed by atoms with Crippen molar-refractivity contribution in [3.63, 3.8) is 0 Å². The number of aliphatic carboxylic acids is 1. The maximum Gasteiger partial charge on any atom is 0.412 e. The van der Waals surface area contributed by atoms with Gasteiger partial charge < -0.3 is 14.7 Å². The molecular formula is C25H24N4O6. The van der Waals surface area contributed by atoms with Gasteiger partial charge in [0.05, 0.1) is 5.92 Å². The molecule has 2 amide bonds. The Bertz CT molecular complexity index is 1240. The Morgan fingerprint density at radius 3 is 2.37 bits per heavy atom. The second-order valence-electron chi connectivity index (χ2n) is 8.82. The minimum atomic E-state index is -0.871. The van der Waals surface area contributed by atoms with Gasteiger partial charge in [-0.05, 0) is 52.3 Å². The summed E-state index contributed by atoms with van der Waals surface area (Å²) >= 11 is 0. The van der Waals surface area contributed by atoms with Crippen LogP contribution < -0.4 is 5.32 Å². The Labute approximate surface area is 200 Å². The molecule has 5 rings (SSSR count). The number of hydrogen-bond donors (Lipinski definition) is 2. The summed E-state index contributed by atoms with van der Waals surface area (Å²) in [4.78, 5) is 38.4. The molecule has 1 aliphatic heterocycles. The van der Waals surface area contributed by atoms with Crippen LogP contribution in [0.5, 0.6) is 0 Å². The summed E-state index contributed by atoms with van der Waals surface area (Å²) in [5, 5.41) is 19.0. The first-order chi connectivity index (χ1) is 16.9. The summed E-state index contributed by atoms with van der Waals surface area (Å²) in [5.74, 6) is -2.11. The van der Waals surface area contributed by atoms with Crippen molar-refractivity contribution in [1.29, 1.82) is 0 Å². The fourth-order valence-corrected chi connectivity index (χ4v) is 4.98. The molecular weight excluding hydrogens is 452 g/mol. The number of carboxylic acids is 1. The van der Waals surface area contributed by atoms with Gasteiger partial charge in [0, 0.05) is 18.5 Å². The summed E-state index contributed by atoms with van der Waals surface area (Å²) in [6, 6.07) is 15.7. The number of anilines is 1. The molecule has 1 aromatic heterocycles. The molecule has 2 heterocycles. The van der Waals surface area contributed by atoms with Gasteiger partial charge in [-0.25, -0.2) is 9.42 Å². The summed E-state index contributed by atoms with van der Waals surface area (Å²) in [7, 11) is 0. The fourth-order valence-electron chi connectivity index (χ4n) is 4.98. The molecule has 1 fully saturated rings. The fraction of sp³-hybridized carbons (Fsp3) is 0.320. The first kappa shape index (κ1) is 22.6. The minimum Gasteiger partial charge on any atom is -0.481 e. The normalized spacial score (nSPS) is 19.1. The van der Waals surface area contributed by atoms with E-state index in [0.29, 0.717) is 12.8 Å². The maximum atomic E-state index is 13.0. The van der Waals surface area contributed by atoms with Gasteiger partial charge in [0.25, 0.3) is 5.91 Å². The highest BCUT2D eigenvalue weighted by Crippen LogP contribution is 2.44. The zero-order chi connectivity index (χ0) is 24.5. The summed E-state index contributed by atoms with van der Waals surface area (Å²) in [6.07, 6.45) is -0.109. The maximum absolute atomic E-state index is 13.0. The molecule has 0 bridgehead atoms. The lowest BCUT2D eigenvalue weighted by Gasteiger charge is -2.35. The van der Waals surface area contributed by atoms with Gasteiger partial charge in [0.1, 0.15) is 6.61 Å². The highest BCUT2D eigenvalue weighted by atomic mass is 16.6. The van der Waals surface area contributed by atoms with E-state index in [9.17, 15) is 19.5 Å². The average molecular weight is 476 g/mol. The van der Waals surface area contributed by atoms with Gasteiger partial charge in [-0.1, -0.05) is 48.5 Å². The Morgan fingerprint density at radius 1 is 1.09 bits per heavy atom. The molecule has 0 saturated carbocycles.